The molecule has 0 unspecified atom stereocenters. The first-order valence-electron chi connectivity index (χ1n) is 7.43. The molecule has 1 aliphatic rings. The molecule has 0 bridgehead atoms. The van der Waals surface area contributed by atoms with Crippen molar-refractivity contribution in [3.05, 3.63) is 34.9 Å². The van der Waals surface area contributed by atoms with Gasteiger partial charge in [0.1, 0.15) is 0 Å². The van der Waals surface area contributed by atoms with Crippen molar-refractivity contribution in [3.8, 4) is 0 Å². The molecule has 1 atom stereocenters. The van der Waals surface area contributed by atoms with Crippen molar-refractivity contribution in [3.63, 3.8) is 0 Å². The van der Waals surface area contributed by atoms with E-state index in [0.29, 0.717) is 36.5 Å². The van der Waals surface area contributed by atoms with Crippen molar-refractivity contribution >= 4 is 29.4 Å². The summed E-state index contributed by atoms with van der Waals surface area (Å²) >= 11 is 5.81. The van der Waals surface area contributed by atoms with E-state index in [2.05, 4.69) is 0 Å². The molecule has 1 aliphatic heterocycles. The van der Waals surface area contributed by atoms with Crippen LogP contribution in [0.5, 0.6) is 0 Å². The van der Waals surface area contributed by atoms with Gasteiger partial charge in [0.2, 0.25) is 0 Å². The molecule has 0 aliphatic carbocycles. The maximum atomic E-state index is 12.4. The van der Waals surface area contributed by atoms with Gasteiger partial charge in [0.25, 0.3) is 11.8 Å². The minimum absolute atomic E-state index is 0.0843. The zero-order chi connectivity index (χ0) is 17.0. The summed E-state index contributed by atoms with van der Waals surface area (Å²) in [5.74, 6) is -1.51. The average molecular weight is 339 g/mol. The minimum Gasteiger partial charge on any atom is -0.452 e. The average Bonchev–Trinajstić information content (AvgIpc) is 2.55. The summed E-state index contributed by atoms with van der Waals surface area (Å²) in [5.41, 5.74) is 5.64. The minimum atomic E-state index is -0.934. The highest BCUT2D eigenvalue weighted by Gasteiger charge is 2.30. The van der Waals surface area contributed by atoms with Gasteiger partial charge in [-0.3, -0.25) is 14.4 Å². The monoisotopic (exact) mass is 338 g/mol. The number of halogens is 1. The highest BCUT2D eigenvalue weighted by Crippen LogP contribution is 2.21. The van der Waals surface area contributed by atoms with Crippen LogP contribution in [0.1, 0.15) is 30.1 Å². The van der Waals surface area contributed by atoms with Gasteiger partial charge in [0.15, 0.2) is 6.10 Å². The van der Waals surface area contributed by atoms with Gasteiger partial charge in [0.05, 0.1) is 5.92 Å². The Kier molecular flexibility index (Phi) is 5.60. The predicted molar refractivity (Wildman–Crippen MR) is 84.8 cm³/mol. The number of hydrogen-bond donors (Lipinski definition) is 1. The molecule has 6 nitrogen and oxygen atoms in total. The number of ether oxygens (including phenoxy) is 1. The molecule has 2 N–H and O–H groups in total. The molecule has 1 fully saturated rings. The number of esters is 1. The fourth-order valence-electron chi connectivity index (χ4n) is 2.42. The SMILES string of the molecule is C[C@@H](OC(=O)C1CCN(C(=O)c2ccc(Cl)cc2)CC1)C(N)=O. The van der Waals surface area contributed by atoms with E-state index in [1.165, 1.54) is 6.92 Å². The second-order valence-corrected chi connectivity index (χ2v) is 5.99. The maximum Gasteiger partial charge on any atom is 0.309 e. The van der Waals surface area contributed by atoms with E-state index in [9.17, 15) is 14.4 Å². The zero-order valence-corrected chi connectivity index (χ0v) is 13.6. The number of likely N-dealkylation sites (tertiary alicyclic amines) is 1. The molecule has 0 radical (unpaired) electrons. The van der Waals surface area contributed by atoms with E-state index in [1.807, 2.05) is 0 Å². The highest BCUT2D eigenvalue weighted by molar-refractivity contribution is 6.30. The number of hydrogen-bond acceptors (Lipinski definition) is 4. The predicted octanol–water partition coefficient (Wildman–Crippen LogP) is 1.61. The van der Waals surface area contributed by atoms with Crippen molar-refractivity contribution < 1.29 is 19.1 Å². The van der Waals surface area contributed by atoms with Crippen LogP contribution in [-0.4, -0.2) is 41.9 Å². The van der Waals surface area contributed by atoms with E-state index in [0.717, 1.165) is 0 Å². The first kappa shape index (κ1) is 17.3. The van der Waals surface area contributed by atoms with Crippen LogP contribution in [0.4, 0.5) is 0 Å². The Morgan fingerprint density at radius 3 is 2.30 bits per heavy atom. The van der Waals surface area contributed by atoms with Crippen LogP contribution in [-0.2, 0) is 14.3 Å². The lowest BCUT2D eigenvalue weighted by atomic mass is 9.96. The molecule has 7 heteroatoms. The lowest BCUT2D eigenvalue weighted by Crippen LogP contribution is -2.41. The molecule has 124 valence electrons. The number of primary amides is 1. The topological polar surface area (TPSA) is 89.7 Å². The second kappa shape index (κ2) is 7.46. The van der Waals surface area contributed by atoms with Crippen molar-refractivity contribution in [2.75, 3.05) is 13.1 Å². The summed E-state index contributed by atoms with van der Waals surface area (Å²) < 4.78 is 5.01. The molecule has 2 rings (SSSR count). The number of amides is 2. The summed E-state index contributed by atoms with van der Waals surface area (Å²) in [6, 6.07) is 6.70. The van der Waals surface area contributed by atoms with Crippen molar-refractivity contribution in [1.82, 2.24) is 4.90 Å². The fraction of sp³-hybridized carbons (Fsp3) is 0.438. The Hall–Kier alpha value is -2.08. The Morgan fingerprint density at radius 1 is 1.22 bits per heavy atom. The molecule has 23 heavy (non-hydrogen) atoms. The van der Waals surface area contributed by atoms with Gasteiger partial charge < -0.3 is 15.4 Å². The third kappa shape index (κ3) is 4.45. The fourth-order valence-corrected chi connectivity index (χ4v) is 2.55. The van der Waals surface area contributed by atoms with Gasteiger partial charge >= 0.3 is 5.97 Å². The highest BCUT2D eigenvalue weighted by atomic mass is 35.5. The van der Waals surface area contributed by atoms with Gasteiger partial charge in [-0.1, -0.05) is 11.6 Å². The van der Waals surface area contributed by atoms with Crippen LogP contribution in [0.15, 0.2) is 24.3 Å². The summed E-state index contributed by atoms with van der Waals surface area (Å²) in [5, 5.41) is 0.576. The van der Waals surface area contributed by atoms with Crippen LogP contribution in [0, 0.1) is 5.92 Å². The molecule has 0 spiro atoms. The Bertz CT molecular complexity index is 595. The number of carbonyl (C=O) groups excluding carboxylic acids is 3. The molecule has 1 aromatic rings. The summed E-state index contributed by atoms with van der Waals surface area (Å²) in [6.45, 7) is 2.37. The van der Waals surface area contributed by atoms with Crippen LogP contribution in [0.3, 0.4) is 0 Å². The molecule has 1 heterocycles. The van der Waals surface area contributed by atoms with Crippen LogP contribution in [0.2, 0.25) is 5.02 Å². The number of rotatable bonds is 4. The summed E-state index contributed by atoms with van der Waals surface area (Å²) in [6.07, 6.45) is 0.0732. The third-order valence-electron chi connectivity index (χ3n) is 3.90. The van der Waals surface area contributed by atoms with Crippen molar-refractivity contribution in [2.24, 2.45) is 11.7 Å². The van der Waals surface area contributed by atoms with Crippen LogP contribution >= 0.6 is 11.6 Å². The molecule has 0 saturated carbocycles. The number of carbonyl (C=O) groups is 3. The number of nitrogens with two attached hydrogens (primary N) is 1. The first-order valence-corrected chi connectivity index (χ1v) is 7.81. The number of nitrogens with zero attached hydrogens (tertiary/aromatic N) is 1. The lowest BCUT2D eigenvalue weighted by molar-refractivity contribution is -0.159. The zero-order valence-electron chi connectivity index (χ0n) is 12.8. The van der Waals surface area contributed by atoms with Crippen molar-refractivity contribution in [1.29, 1.82) is 0 Å². The van der Waals surface area contributed by atoms with Gasteiger partial charge in [-0.2, -0.15) is 0 Å². The van der Waals surface area contributed by atoms with Gasteiger partial charge in [-0.15, -0.1) is 0 Å². The van der Waals surface area contributed by atoms with E-state index >= 15 is 0 Å². The van der Waals surface area contributed by atoms with Crippen LogP contribution < -0.4 is 5.73 Å². The normalized spacial score (nSPS) is 16.7. The summed E-state index contributed by atoms with van der Waals surface area (Å²) in [7, 11) is 0. The van der Waals surface area contributed by atoms with Crippen molar-refractivity contribution in [2.45, 2.75) is 25.9 Å². The standard InChI is InChI=1S/C16H19ClN2O4/c1-10(14(18)20)23-16(22)12-6-8-19(9-7-12)15(21)11-2-4-13(17)5-3-11/h2-5,10,12H,6-9H2,1H3,(H2,18,20)/t10-/m1/s1. The third-order valence-corrected chi connectivity index (χ3v) is 4.15. The van der Waals surface area contributed by atoms with E-state index in [4.69, 9.17) is 22.1 Å². The quantitative estimate of drug-likeness (QED) is 0.844. The maximum absolute atomic E-state index is 12.4. The molecule has 2 amide bonds. The Balaban J connectivity index is 1.88. The van der Waals surface area contributed by atoms with Gasteiger partial charge in [-0.25, -0.2) is 0 Å². The Morgan fingerprint density at radius 2 is 1.78 bits per heavy atom. The lowest BCUT2D eigenvalue weighted by Gasteiger charge is -2.31. The molecular weight excluding hydrogens is 320 g/mol. The number of benzene rings is 1. The summed E-state index contributed by atoms with van der Waals surface area (Å²) in [4.78, 5) is 36.9. The van der Waals surface area contributed by atoms with E-state index in [-0.39, 0.29) is 11.8 Å². The molecular formula is C16H19ClN2O4. The molecule has 1 saturated heterocycles. The second-order valence-electron chi connectivity index (χ2n) is 5.55. The smallest absolute Gasteiger partial charge is 0.309 e. The van der Waals surface area contributed by atoms with Crippen LogP contribution in [0.25, 0.3) is 0 Å². The Labute approximate surface area is 139 Å². The van der Waals surface area contributed by atoms with Gasteiger partial charge in [0, 0.05) is 23.7 Å². The van der Waals surface area contributed by atoms with Gasteiger partial charge in [-0.05, 0) is 44.0 Å². The molecule has 0 aromatic heterocycles. The molecule has 1 aromatic carbocycles. The van der Waals surface area contributed by atoms with E-state index < -0.39 is 18.0 Å². The largest absolute Gasteiger partial charge is 0.452 e. The first-order chi connectivity index (χ1) is 10.9. The number of piperidine rings is 1. The van der Waals surface area contributed by atoms with E-state index in [1.54, 1.807) is 29.2 Å².